The Balaban J connectivity index is 2.11. The number of aryl methyl sites for hydroxylation is 2. The number of fused-ring (bicyclic) bond motifs is 2. The lowest BCUT2D eigenvalue weighted by molar-refractivity contribution is -0.137. The van der Waals surface area contributed by atoms with Gasteiger partial charge in [0.05, 0.1) is 71.8 Å². The molecule has 0 amide bonds. The molecule has 3 aromatic carbocycles. The summed E-state index contributed by atoms with van der Waals surface area (Å²) < 4.78 is 42.3. The highest BCUT2D eigenvalue weighted by molar-refractivity contribution is 6.31. The van der Waals surface area contributed by atoms with Crippen LogP contribution in [0, 0.1) is 102 Å². The van der Waals surface area contributed by atoms with E-state index in [0.29, 0.717) is 11.6 Å². The minimum absolute atomic E-state index is 0.0585. The standard InChI is InChI=1S/C38H12F3N9/c1-18-6-7-20(10-19(18)2)30-36(28(17-47)49-4)33-25(15-45)32-31(24(14-44)34(33)37(30)50-5)23(13-43)29(35(32)27(16-46)48-3)21-8-9-22(12-42)26(11-21)38(39,40)41/h6-11H,1-2H3/b35-27-,36-28+. The average Bonchev–Trinajstić information content (AvgIpc) is 3.62. The van der Waals surface area contributed by atoms with Gasteiger partial charge in [0, 0.05) is 22.3 Å². The lowest BCUT2D eigenvalue weighted by Gasteiger charge is -2.17. The SMILES string of the molecule is [C-]#[N+]C1=C(c2ccc(C)c(C)c2)/C(=C(/C#N)[N+]#[C-])c2c(C#N)c3c(c(C#N)c21)C(C#N)=C(c1ccc(C#N)c(C(F)(F)F)c1)/C3=C(\C#N)[N+]#[C-]. The number of alkyl halides is 3. The Labute approximate surface area is 283 Å². The number of halogens is 3. The third-order valence-corrected chi connectivity index (χ3v) is 8.36. The van der Waals surface area contributed by atoms with Crippen LogP contribution in [0.1, 0.15) is 66.8 Å². The minimum Gasteiger partial charge on any atom is -0.237 e. The maximum Gasteiger partial charge on any atom is 0.417 e. The van der Waals surface area contributed by atoms with E-state index in [-0.39, 0.29) is 50.2 Å². The minimum atomic E-state index is -5.04. The van der Waals surface area contributed by atoms with Gasteiger partial charge in [-0.2, -0.15) is 34.2 Å². The van der Waals surface area contributed by atoms with E-state index >= 15 is 0 Å². The van der Waals surface area contributed by atoms with Gasteiger partial charge < -0.3 is 0 Å². The van der Waals surface area contributed by atoms with Crippen molar-refractivity contribution in [3.8, 4) is 36.4 Å². The Hall–Kier alpha value is -8.18. The van der Waals surface area contributed by atoms with Gasteiger partial charge in [0.1, 0.15) is 12.1 Å². The molecule has 2 aliphatic rings. The molecule has 5 rings (SSSR count). The van der Waals surface area contributed by atoms with Crippen LogP contribution in [0.25, 0.3) is 48.1 Å². The first-order chi connectivity index (χ1) is 23.9. The van der Waals surface area contributed by atoms with Crippen molar-refractivity contribution in [3.63, 3.8) is 0 Å². The number of hydrogen-bond donors (Lipinski definition) is 0. The summed E-state index contributed by atoms with van der Waals surface area (Å²) in [5.74, 6) is 0. The van der Waals surface area contributed by atoms with Gasteiger partial charge in [0.25, 0.3) is 11.4 Å². The predicted molar refractivity (Wildman–Crippen MR) is 172 cm³/mol. The second-order valence-corrected chi connectivity index (χ2v) is 10.7. The zero-order valence-electron chi connectivity index (χ0n) is 25.6. The molecule has 3 aromatic rings. The van der Waals surface area contributed by atoms with E-state index in [1.165, 1.54) is 6.07 Å². The van der Waals surface area contributed by atoms with Crippen LogP contribution in [0.5, 0.6) is 0 Å². The monoisotopic (exact) mass is 651 g/mol. The lowest BCUT2D eigenvalue weighted by atomic mass is 9.83. The molecule has 0 bridgehead atoms. The predicted octanol–water partition coefficient (Wildman–Crippen LogP) is 8.49. The zero-order chi connectivity index (χ0) is 36.7. The van der Waals surface area contributed by atoms with E-state index in [1.54, 1.807) is 37.3 Å². The van der Waals surface area contributed by atoms with Crippen molar-refractivity contribution in [1.82, 2.24) is 0 Å². The normalized spacial score (nSPS) is 14.6. The summed E-state index contributed by atoms with van der Waals surface area (Å²) in [7, 11) is 0. The third kappa shape index (κ3) is 4.63. The van der Waals surface area contributed by atoms with Crippen molar-refractivity contribution < 1.29 is 13.2 Å². The maximum atomic E-state index is 14.1. The first-order valence-corrected chi connectivity index (χ1v) is 14.0. The van der Waals surface area contributed by atoms with E-state index < -0.39 is 51.0 Å². The number of rotatable bonds is 2. The molecule has 230 valence electrons. The van der Waals surface area contributed by atoms with Crippen LogP contribution >= 0.6 is 0 Å². The highest BCUT2D eigenvalue weighted by Gasteiger charge is 2.44. The van der Waals surface area contributed by atoms with Crippen molar-refractivity contribution in [1.29, 1.82) is 31.6 Å². The lowest BCUT2D eigenvalue weighted by Crippen LogP contribution is -2.08. The van der Waals surface area contributed by atoms with Crippen LogP contribution in [0.2, 0.25) is 0 Å². The molecule has 50 heavy (non-hydrogen) atoms. The summed E-state index contributed by atoms with van der Waals surface area (Å²) in [5.41, 5.74) is -5.23. The fourth-order valence-corrected chi connectivity index (χ4v) is 6.17. The van der Waals surface area contributed by atoms with E-state index in [4.69, 9.17) is 19.7 Å². The number of allylic oxidation sites excluding steroid dienone is 7. The van der Waals surface area contributed by atoms with Crippen molar-refractivity contribution >= 4 is 33.6 Å². The fourth-order valence-electron chi connectivity index (χ4n) is 6.17. The van der Waals surface area contributed by atoms with E-state index in [1.807, 2.05) is 25.1 Å². The molecule has 0 aliphatic heterocycles. The van der Waals surface area contributed by atoms with E-state index in [9.17, 15) is 44.7 Å². The van der Waals surface area contributed by atoms with E-state index in [2.05, 4.69) is 14.5 Å². The highest BCUT2D eigenvalue weighted by atomic mass is 19.4. The second-order valence-electron chi connectivity index (χ2n) is 10.7. The molecule has 0 radical (unpaired) electrons. The molecule has 0 aromatic heterocycles. The Morgan fingerprint density at radius 1 is 0.640 bits per heavy atom. The molecule has 9 nitrogen and oxygen atoms in total. The summed E-state index contributed by atoms with van der Waals surface area (Å²) in [6.45, 7) is 27.4. The van der Waals surface area contributed by atoms with Gasteiger partial charge in [0.15, 0.2) is 0 Å². The van der Waals surface area contributed by atoms with Crippen LogP contribution in [-0.4, -0.2) is 0 Å². The largest absolute Gasteiger partial charge is 0.417 e. The van der Waals surface area contributed by atoms with Crippen LogP contribution in [-0.2, 0) is 6.18 Å². The molecular weight excluding hydrogens is 639 g/mol. The first kappa shape index (κ1) is 33.2. The van der Waals surface area contributed by atoms with Gasteiger partial charge in [-0.25, -0.2) is 25.1 Å². The second kappa shape index (κ2) is 12.2. The van der Waals surface area contributed by atoms with Crippen molar-refractivity contribution in [2.45, 2.75) is 20.0 Å². The first-order valence-electron chi connectivity index (χ1n) is 14.0. The van der Waals surface area contributed by atoms with Crippen LogP contribution in [0.4, 0.5) is 13.2 Å². The number of benzene rings is 3. The molecule has 2 aliphatic carbocycles. The topological polar surface area (TPSA) is 156 Å². The molecule has 0 N–H and O–H groups in total. The smallest absolute Gasteiger partial charge is 0.237 e. The van der Waals surface area contributed by atoms with Gasteiger partial charge in [-0.05, 0) is 70.5 Å². The number of hydrogen-bond acceptors (Lipinski definition) is 6. The van der Waals surface area contributed by atoms with Crippen molar-refractivity contribution in [2.75, 3.05) is 0 Å². The molecule has 0 saturated heterocycles. The van der Waals surface area contributed by atoms with Gasteiger partial charge in [-0.3, -0.25) is 0 Å². The quantitative estimate of drug-likeness (QED) is 0.200. The van der Waals surface area contributed by atoms with Gasteiger partial charge in [0.2, 0.25) is 5.70 Å². The third-order valence-electron chi connectivity index (χ3n) is 8.36. The maximum absolute atomic E-state index is 14.1. The zero-order valence-corrected chi connectivity index (χ0v) is 25.6. The molecule has 12 heteroatoms. The van der Waals surface area contributed by atoms with Gasteiger partial charge >= 0.3 is 6.18 Å². The number of nitriles is 6. The Morgan fingerprint density at radius 3 is 1.66 bits per heavy atom. The molecule has 0 unspecified atom stereocenters. The Bertz CT molecular complexity index is 2660. The number of nitrogens with zero attached hydrogens (tertiary/aromatic N) is 9. The van der Waals surface area contributed by atoms with Crippen molar-refractivity contribution in [3.05, 3.63) is 149 Å². The van der Waals surface area contributed by atoms with Crippen LogP contribution in [0.15, 0.2) is 47.8 Å². The Morgan fingerprint density at radius 2 is 1.18 bits per heavy atom. The molecule has 0 atom stereocenters. The summed E-state index contributed by atoms with van der Waals surface area (Å²) >= 11 is 0. The molecule has 0 heterocycles. The highest BCUT2D eigenvalue weighted by Crippen LogP contribution is 2.58. The molecule has 0 fully saturated rings. The van der Waals surface area contributed by atoms with Gasteiger partial charge in [-0.15, -0.1) is 0 Å². The molecule has 0 spiro atoms. The van der Waals surface area contributed by atoms with Crippen molar-refractivity contribution in [2.24, 2.45) is 0 Å². The molecular formula is C38H12F3N9. The summed E-state index contributed by atoms with van der Waals surface area (Å²) in [5, 5.41) is 61.6. The summed E-state index contributed by atoms with van der Waals surface area (Å²) in [6.07, 6.45) is -5.04. The average molecular weight is 652 g/mol. The summed E-state index contributed by atoms with van der Waals surface area (Å²) in [6, 6.07) is 18.3. The fraction of sp³-hybridized carbons (Fsp3) is 0.0789. The van der Waals surface area contributed by atoms with E-state index in [0.717, 1.165) is 23.3 Å². The Kier molecular flexibility index (Phi) is 8.10. The van der Waals surface area contributed by atoms with Crippen LogP contribution in [0.3, 0.4) is 0 Å². The molecule has 0 saturated carbocycles. The van der Waals surface area contributed by atoms with Crippen LogP contribution < -0.4 is 0 Å². The van der Waals surface area contributed by atoms with Gasteiger partial charge in [-0.1, -0.05) is 24.3 Å². The summed E-state index contributed by atoms with van der Waals surface area (Å²) in [4.78, 5) is 10.3.